The minimum absolute atomic E-state index is 0.0278. The normalized spacial score (nSPS) is 19.4. The fourth-order valence-corrected chi connectivity index (χ4v) is 3.89. The number of anilines is 1. The Balaban J connectivity index is 1.40. The van der Waals surface area contributed by atoms with Gasteiger partial charge in [-0.25, -0.2) is 14.8 Å². The second-order valence-corrected chi connectivity index (χ2v) is 7.31. The van der Waals surface area contributed by atoms with Crippen LogP contribution in [0.3, 0.4) is 0 Å². The molecule has 2 heterocycles. The number of nitrogens with one attached hydrogen (secondary N) is 2. The molecule has 0 atom stereocenters. The maximum atomic E-state index is 12.1. The predicted octanol–water partition coefficient (Wildman–Crippen LogP) is 2.59. The smallest absolute Gasteiger partial charge is 0.315 e. The highest BCUT2D eigenvalue weighted by Gasteiger charge is 2.23. The highest BCUT2D eigenvalue weighted by molar-refractivity contribution is 5.74. The van der Waals surface area contributed by atoms with E-state index in [4.69, 9.17) is 5.26 Å². The van der Waals surface area contributed by atoms with Crippen LogP contribution in [0.15, 0.2) is 12.4 Å². The van der Waals surface area contributed by atoms with Gasteiger partial charge in [-0.05, 0) is 31.6 Å². The van der Waals surface area contributed by atoms with Crippen LogP contribution in [-0.4, -0.2) is 41.7 Å². The van der Waals surface area contributed by atoms with Crippen LogP contribution in [-0.2, 0) is 0 Å². The molecule has 2 aliphatic rings. The van der Waals surface area contributed by atoms with Crippen molar-refractivity contribution in [3.63, 3.8) is 0 Å². The Hall–Kier alpha value is -2.36. The molecule has 0 unspecified atom stereocenters. The SMILES string of the molecule is N#Cc1nccnc1N1CCC(CNC(=O)NC2CCCCCC2)CC1. The Morgan fingerprint density at radius 1 is 1.12 bits per heavy atom. The number of nitriles is 1. The second kappa shape index (κ2) is 9.37. The van der Waals surface area contributed by atoms with Crippen molar-refractivity contribution in [2.45, 2.75) is 57.4 Å². The Kier molecular flexibility index (Phi) is 6.64. The molecule has 1 aromatic rings. The van der Waals surface area contributed by atoms with E-state index >= 15 is 0 Å². The molecular formula is C19H28N6O. The molecule has 0 radical (unpaired) electrons. The van der Waals surface area contributed by atoms with Gasteiger partial charge in [0, 0.05) is 38.1 Å². The van der Waals surface area contributed by atoms with Gasteiger partial charge in [0.15, 0.2) is 11.5 Å². The second-order valence-electron chi connectivity index (χ2n) is 7.31. The highest BCUT2D eigenvalue weighted by atomic mass is 16.2. The lowest BCUT2D eigenvalue weighted by atomic mass is 9.96. The Labute approximate surface area is 155 Å². The van der Waals surface area contributed by atoms with Crippen LogP contribution in [0.2, 0.25) is 0 Å². The first kappa shape index (κ1) is 18.4. The third-order valence-electron chi connectivity index (χ3n) is 5.44. The van der Waals surface area contributed by atoms with E-state index in [1.54, 1.807) is 12.4 Å². The largest absolute Gasteiger partial charge is 0.354 e. The quantitative estimate of drug-likeness (QED) is 0.809. The van der Waals surface area contributed by atoms with E-state index in [0.717, 1.165) is 38.8 Å². The molecule has 1 aliphatic carbocycles. The number of urea groups is 1. The first-order valence-electron chi connectivity index (χ1n) is 9.76. The van der Waals surface area contributed by atoms with Gasteiger partial charge in [-0.2, -0.15) is 5.26 Å². The maximum absolute atomic E-state index is 12.1. The molecular weight excluding hydrogens is 328 g/mol. The molecule has 1 aromatic heterocycles. The molecule has 2 fully saturated rings. The van der Waals surface area contributed by atoms with Gasteiger partial charge in [0.25, 0.3) is 0 Å². The standard InChI is InChI=1S/C19H28N6O/c20-13-17-18(22-10-9-21-17)25-11-7-15(8-12-25)14-23-19(26)24-16-5-3-1-2-4-6-16/h9-10,15-16H,1-8,11-12,14H2,(H2,23,24,26). The van der Waals surface area contributed by atoms with Crippen molar-refractivity contribution in [2.24, 2.45) is 5.92 Å². The van der Waals surface area contributed by atoms with Gasteiger partial charge in [-0.15, -0.1) is 0 Å². The zero-order valence-electron chi connectivity index (χ0n) is 15.3. The van der Waals surface area contributed by atoms with Gasteiger partial charge < -0.3 is 15.5 Å². The van der Waals surface area contributed by atoms with Gasteiger partial charge in [-0.1, -0.05) is 25.7 Å². The lowest BCUT2D eigenvalue weighted by Gasteiger charge is -2.33. The van der Waals surface area contributed by atoms with E-state index in [-0.39, 0.29) is 6.03 Å². The molecule has 140 valence electrons. The summed E-state index contributed by atoms with van der Waals surface area (Å²) in [6.45, 7) is 2.38. The number of nitrogens with zero attached hydrogens (tertiary/aromatic N) is 4. The van der Waals surface area contributed by atoms with Crippen molar-refractivity contribution in [3.05, 3.63) is 18.1 Å². The summed E-state index contributed by atoms with van der Waals surface area (Å²) in [5.74, 6) is 1.14. The third-order valence-corrected chi connectivity index (χ3v) is 5.44. The van der Waals surface area contributed by atoms with Crippen molar-refractivity contribution in [1.82, 2.24) is 20.6 Å². The molecule has 1 saturated carbocycles. The third kappa shape index (κ3) is 5.07. The van der Waals surface area contributed by atoms with E-state index in [2.05, 4.69) is 31.6 Å². The lowest BCUT2D eigenvalue weighted by molar-refractivity contribution is 0.232. The van der Waals surface area contributed by atoms with E-state index < -0.39 is 0 Å². The summed E-state index contributed by atoms with van der Waals surface area (Å²) in [6, 6.07) is 2.41. The zero-order chi connectivity index (χ0) is 18.2. The van der Waals surface area contributed by atoms with Gasteiger partial charge in [0.1, 0.15) is 6.07 Å². The monoisotopic (exact) mass is 356 g/mol. The summed E-state index contributed by atoms with van der Waals surface area (Å²) < 4.78 is 0. The summed E-state index contributed by atoms with van der Waals surface area (Å²) in [5.41, 5.74) is 0.381. The average Bonchev–Trinajstić information content (AvgIpc) is 2.95. The molecule has 2 amide bonds. The maximum Gasteiger partial charge on any atom is 0.315 e. The number of aromatic nitrogens is 2. The number of hydrogen-bond donors (Lipinski definition) is 2. The van der Waals surface area contributed by atoms with Crippen molar-refractivity contribution < 1.29 is 4.79 Å². The number of carbonyl (C=O) groups is 1. The zero-order valence-corrected chi connectivity index (χ0v) is 15.3. The topological polar surface area (TPSA) is 93.9 Å². The molecule has 7 heteroatoms. The molecule has 1 saturated heterocycles. The van der Waals surface area contributed by atoms with Crippen LogP contribution in [0.4, 0.5) is 10.6 Å². The summed E-state index contributed by atoms with van der Waals surface area (Å²) >= 11 is 0. The average molecular weight is 356 g/mol. The Morgan fingerprint density at radius 2 is 1.81 bits per heavy atom. The van der Waals surface area contributed by atoms with Gasteiger partial charge in [-0.3, -0.25) is 0 Å². The number of hydrogen-bond acceptors (Lipinski definition) is 5. The minimum atomic E-state index is -0.0278. The van der Waals surface area contributed by atoms with Crippen LogP contribution < -0.4 is 15.5 Å². The number of amides is 2. The van der Waals surface area contributed by atoms with Crippen molar-refractivity contribution >= 4 is 11.8 Å². The molecule has 2 N–H and O–H groups in total. The van der Waals surface area contributed by atoms with Crippen molar-refractivity contribution in [1.29, 1.82) is 5.26 Å². The first-order valence-corrected chi connectivity index (χ1v) is 9.76. The van der Waals surface area contributed by atoms with Crippen molar-refractivity contribution in [3.8, 4) is 6.07 Å². The predicted molar refractivity (Wildman–Crippen MR) is 99.7 cm³/mol. The molecule has 1 aliphatic heterocycles. The number of piperidine rings is 1. The van der Waals surface area contributed by atoms with Gasteiger partial charge in [0.2, 0.25) is 0 Å². The fourth-order valence-electron chi connectivity index (χ4n) is 3.89. The summed E-state index contributed by atoms with van der Waals surface area (Å²) in [6.07, 6.45) is 12.3. The molecule has 0 spiro atoms. The highest BCUT2D eigenvalue weighted by Crippen LogP contribution is 2.23. The molecule has 0 bridgehead atoms. The number of carbonyl (C=O) groups excluding carboxylic acids is 1. The van der Waals surface area contributed by atoms with Gasteiger partial charge in [0.05, 0.1) is 0 Å². The van der Waals surface area contributed by atoms with Crippen LogP contribution in [0.1, 0.15) is 57.1 Å². The van der Waals surface area contributed by atoms with E-state index in [1.807, 2.05) is 0 Å². The summed E-state index contributed by atoms with van der Waals surface area (Å²) in [4.78, 5) is 22.7. The van der Waals surface area contributed by atoms with E-state index in [9.17, 15) is 4.79 Å². The van der Waals surface area contributed by atoms with Crippen LogP contribution in [0, 0.1) is 17.2 Å². The summed E-state index contributed by atoms with van der Waals surface area (Å²) in [7, 11) is 0. The molecule has 26 heavy (non-hydrogen) atoms. The fraction of sp³-hybridized carbons (Fsp3) is 0.684. The van der Waals surface area contributed by atoms with Crippen LogP contribution >= 0.6 is 0 Å². The lowest BCUT2D eigenvalue weighted by Crippen LogP contribution is -2.45. The van der Waals surface area contributed by atoms with Crippen molar-refractivity contribution in [2.75, 3.05) is 24.5 Å². The summed E-state index contributed by atoms with van der Waals surface area (Å²) in [5, 5.41) is 15.3. The van der Waals surface area contributed by atoms with E-state index in [1.165, 1.54) is 25.7 Å². The Morgan fingerprint density at radius 3 is 2.50 bits per heavy atom. The number of rotatable bonds is 4. The first-order chi connectivity index (χ1) is 12.8. The van der Waals surface area contributed by atoms with Crippen LogP contribution in [0.5, 0.6) is 0 Å². The molecule has 3 rings (SSSR count). The van der Waals surface area contributed by atoms with E-state index in [0.29, 0.717) is 30.0 Å². The minimum Gasteiger partial charge on any atom is -0.354 e. The Bertz CT molecular complexity index is 627. The van der Waals surface area contributed by atoms with Gasteiger partial charge >= 0.3 is 6.03 Å². The van der Waals surface area contributed by atoms with Crippen LogP contribution in [0.25, 0.3) is 0 Å². The molecule has 7 nitrogen and oxygen atoms in total. The molecule has 0 aromatic carbocycles.